The van der Waals surface area contributed by atoms with Crippen molar-refractivity contribution in [2.24, 2.45) is 52.8 Å². The molecule has 0 aromatic carbocycles. The van der Waals surface area contributed by atoms with E-state index < -0.39 is 0 Å². The van der Waals surface area contributed by atoms with Crippen molar-refractivity contribution in [3.8, 4) is 6.07 Å². The summed E-state index contributed by atoms with van der Waals surface area (Å²) < 4.78 is 2.02. The van der Waals surface area contributed by atoms with Gasteiger partial charge in [-0.3, -0.25) is 4.68 Å². The summed E-state index contributed by atoms with van der Waals surface area (Å²) in [7, 11) is 0. The molecule has 0 bridgehead atoms. The van der Waals surface area contributed by atoms with Crippen molar-refractivity contribution in [1.29, 1.82) is 5.26 Å². The zero-order valence-corrected chi connectivity index (χ0v) is 21.4. The molecule has 1 heterocycles. The van der Waals surface area contributed by atoms with Crippen molar-refractivity contribution in [2.45, 2.75) is 105 Å². The highest BCUT2D eigenvalue weighted by molar-refractivity contribution is 5.21. The van der Waals surface area contributed by atoms with Crippen molar-refractivity contribution in [3.05, 3.63) is 18.0 Å². The minimum Gasteiger partial charge on any atom is -0.271 e. The van der Waals surface area contributed by atoms with Gasteiger partial charge >= 0.3 is 0 Å². The Balaban J connectivity index is 1.46. The first-order chi connectivity index (χ1) is 15.4. The average molecular weight is 438 g/mol. The fourth-order valence-corrected chi connectivity index (χ4v) is 8.84. The molecule has 1 aromatic heterocycles. The van der Waals surface area contributed by atoms with Crippen LogP contribution in [-0.4, -0.2) is 9.78 Å². The Morgan fingerprint density at radius 2 is 1.94 bits per heavy atom. The molecule has 0 amide bonds. The van der Waals surface area contributed by atoms with Crippen LogP contribution in [0, 0.1) is 64.1 Å². The minimum absolute atomic E-state index is 0.507. The Kier molecular flexibility index (Phi) is 7.38. The monoisotopic (exact) mass is 437 g/mol. The average Bonchev–Trinajstić information content (AvgIpc) is 3.36. The third-order valence-corrected chi connectivity index (χ3v) is 10.3. The van der Waals surface area contributed by atoms with Crippen LogP contribution >= 0.6 is 0 Å². The summed E-state index contributed by atoms with van der Waals surface area (Å²) in [6.07, 6.45) is 18.1. The van der Waals surface area contributed by atoms with Crippen LogP contribution < -0.4 is 0 Å². The molecule has 32 heavy (non-hydrogen) atoms. The summed E-state index contributed by atoms with van der Waals surface area (Å²) in [6, 6.07) is 2.22. The van der Waals surface area contributed by atoms with Crippen molar-refractivity contribution >= 4 is 0 Å². The molecule has 3 fully saturated rings. The van der Waals surface area contributed by atoms with Gasteiger partial charge in [-0.25, -0.2) is 0 Å². The van der Waals surface area contributed by atoms with Crippen molar-refractivity contribution in [3.63, 3.8) is 0 Å². The van der Waals surface area contributed by atoms with Gasteiger partial charge in [-0.1, -0.05) is 53.9 Å². The van der Waals surface area contributed by atoms with Crippen LogP contribution in [0.1, 0.15) is 104 Å². The van der Waals surface area contributed by atoms with Gasteiger partial charge in [-0.15, -0.1) is 0 Å². The lowest BCUT2D eigenvalue weighted by molar-refractivity contribution is -0.0639. The van der Waals surface area contributed by atoms with E-state index in [1.807, 2.05) is 10.9 Å². The number of fused-ring (bicyclic) bond motifs is 3. The third kappa shape index (κ3) is 4.53. The van der Waals surface area contributed by atoms with Crippen LogP contribution in [0.2, 0.25) is 0 Å². The van der Waals surface area contributed by atoms with Crippen LogP contribution in [0.4, 0.5) is 0 Å². The van der Waals surface area contributed by atoms with Crippen LogP contribution in [0.5, 0.6) is 0 Å². The molecule has 3 aliphatic rings. The van der Waals surface area contributed by atoms with Gasteiger partial charge in [0.1, 0.15) is 6.07 Å². The standard InChI is InChI=1S/C29H47N3/c1-6-7-24-23(9-8-20(2)3)10-11-26-25(24)14-15-29(5)27(12-13-28(26)29)21(4)18-32-19-22(16-30)17-31-32/h17,19-21,23-28H,6-15,18H2,1-5H3. The Labute approximate surface area is 197 Å². The van der Waals surface area contributed by atoms with Crippen LogP contribution in [0.25, 0.3) is 0 Å². The van der Waals surface area contributed by atoms with E-state index in [0.717, 1.165) is 48.0 Å². The molecule has 0 N–H and O–H groups in total. The second-order valence-corrected chi connectivity index (χ2v) is 12.5. The number of hydrogen-bond acceptors (Lipinski definition) is 2. The van der Waals surface area contributed by atoms with E-state index in [-0.39, 0.29) is 0 Å². The molecule has 1 aromatic rings. The molecule has 3 heteroatoms. The number of nitriles is 1. The molecular weight excluding hydrogens is 390 g/mol. The molecule has 0 aliphatic heterocycles. The Hall–Kier alpha value is -1.30. The number of nitrogens with zero attached hydrogens (tertiary/aromatic N) is 3. The van der Waals surface area contributed by atoms with Gasteiger partial charge in [0.25, 0.3) is 0 Å². The van der Waals surface area contributed by atoms with E-state index in [4.69, 9.17) is 5.26 Å². The zero-order valence-electron chi connectivity index (χ0n) is 21.4. The summed E-state index contributed by atoms with van der Waals surface area (Å²) in [5.41, 5.74) is 1.19. The smallest absolute Gasteiger partial charge is 0.102 e. The summed E-state index contributed by atoms with van der Waals surface area (Å²) in [5, 5.41) is 13.6. The highest BCUT2D eigenvalue weighted by atomic mass is 15.3. The molecule has 0 saturated heterocycles. The van der Waals surface area contributed by atoms with Crippen molar-refractivity contribution in [2.75, 3.05) is 0 Å². The maximum Gasteiger partial charge on any atom is 0.102 e. The lowest BCUT2D eigenvalue weighted by Crippen LogP contribution is -2.48. The molecule has 0 radical (unpaired) electrons. The highest BCUT2D eigenvalue weighted by Gasteiger charge is 2.57. The summed E-state index contributed by atoms with van der Waals surface area (Å²) in [4.78, 5) is 0. The van der Waals surface area contributed by atoms with E-state index in [0.29, 0.717) is 16.9 Å². The van der Waals surface area contributed by atoms with Crippen LogP contribution in [0.15, 0.2) is 12.4 Å². The molecule has 0 spiro atoms. The lowest BCUT2D eigenvalue weighted by Gasteiger charge is -2.55. The summed E-state index contributed by atoms with van der Waals surface area (Å²) >= 11 is 0. The van der Waals surface area contributed by atoms with Gasteiger partial charge in [0.05, 0.1) is 11.8 Å². The van der Waals surface area contributed by atoms with E-state index in [2.05, 4.69) is 45.8 Å². The van der Waals surface area contributed by atoms with E-state index in [9.17, 15) is 0 Å². The molecule has 3 nitrogen and oxygen atoms in total. The van der Waals surface area contributed by atoms with Crippen molar-refractivity contribution in [1.82, 2.24) is 9.78 Å². The maximum absolute atomic E-state index is 9.14. The topological polar surface area (TPSA) is 41.6 Å². The minimum atomic E-state index is 0.507. The summed E-state index contributed by atoms with van der Waals surface area (Å²) in [6.45, 7) is 13.3. The zero-order chi connectivity index (χ0) is 22.9. The fourth-order valence-electron chi connectivity index (χ4n) is 8.84. The van der Waals surface area contributed by atoms with E-state index in [1.54, 1.807) is 6.20 Å². The fraction of sp³-hybridized carbons (Fsp3) is 0.862. The SMILES string of the molecule is CCCC1C(CCC(C)C)CCC2C1CCC1(C)C(C(C)Cn3cc(C#N)cn3)CCC21. The Morgan fingerprint density at radius 1 is 1.12 bits per heavy atom. The van der Waals surface area contributed by atoms with Gasteiger partial charge in [0.15, 0.2) is 0 Å². The third-order valence-electron chi connectivity index (χ3n) is 10.3. The van der Waals surface area contributed by atoms with Crippen LogP contribution in [0.3, 0.4) is 0 Å². The van der Waals surface area contributed by atoms with Gasteiger partial charge in [-0.2, -0.15) is 10.4 Å². The molecule has 8 atom stereocenters. The first kappa shape index (κ1) is 23.8. The second-order valence-electron chi connectivity index (χ2n) is 12.5. The molecule has 8 unspecified atom stereocenters. The molecule has 4 rings (SSSR count). The largest absolute Gasteiger partial charge is 0.271 e. The molecular formula is C29H47N3. The van der Waals surface area contributed by atoms with Gasteiger partial charge in [0, 0.05) is 12.7 Å². The van der Waals surface area contributed by atoms with E-state index in [1.165, 1.54) is 64.2 Å². The van der Waals surface area contributed by atoms with Gasteiger partial charge in [0.2, 0.25) is 0 Å². The van der Waals surface area contributed by atoms with Crippen LogP contribution in [-0.2, 0) is 6.54 Å². The predicted molar refractivity (Wildman–Crippen MR) is 132 cm³/mol. The molecule has 3 saturated carbocycles. The van der Waals surface area contributed by atoms with Crippen molar-refractivity contribution < 1.29 is 0 Å². The van der Waals surface area contributed by atoms with E-state index >= 15 is 0 Å². The quantitative estimate of drug-likeness (QED) is 0.418. The van der Waals surface area contributed by atoms with Gasteiger partial charge < -0.3 is 0 Å². The number of rotatable bonds is 8. The lowest BCUT2D eigenvalue weighted by atomic mass is 9.50. The predicted octanol–water partition coefficient (Wildman–Crippen LogP) is 7.71. The number of hydrogen-bond donors (Lipinski definition) is 0. The molecule has 3 aliphatic carbocycles. The first-order valence-electron chi connectivity index (χ1n) is 13.8. The highest BCUT2D eigenvalue weighted by Crippen LogP contribution is 2.65. The van der Waals surface area contributed by atoms with Gasteiger partial charge in [-0.05, 0) is 97.7 Å². The molecule has 178 valence electrons. The Morgan fingerprint density at radius 3 is 2.62 bits per heavy atom. The first-order valence-corrected chi connectivity index (χ1v) is 13.8. The summed E-state index contributed by atoms with van der Waals surface area (Å²) in [5.74, 6) is 7.17. The second kappa shape index (κ2) is 9.90. The maximum atomic E-state index is 9.14. The Bertz CT molecular complexity index is 789. The number of aromatic nitrogens is 2. The normalized spacial score (nSPS) is 37.7.